The van der Waals surface area contributed by atoms with E-state index in [1.807, 2.05) is 24.3 Å². The van der Waals surface area contributed by atoms with Crippen LogP contribution in [0.4, 0.5) is 26.0 Å². The molecule has 1 fully saturated rings. The number of carbonyl (C=O) groups excluding carboxylic acids is 1. The van der Waals surface area contributed by atoms with Crippen molar-refractivity contribution < 1.29 is 18.3 Å². The molecular formula is C22H23F2N5O2. The lowest BCUT2D eigenvalue weighted by Gasteiger charge is -2.29. The second-order valence-electron chi connectivity index (χ2n) is 7.27. The fourth-order valence-corrected chi connectivity index (χ4v) is 3.53. The minimum Gasteiger partial charge on any atom is -0.378 e. The van der Waals surface area contributed by atoms with Gasteiger partial charge < -0.3 is 19.9 Å². The molecule has 1 aliphatic heterocycles. The van der Waals surface area contributed by atoms with Crippen molar-refractivity contribution in [2.75, 3.05) is 55.0 Å². The van der Waals surface area contributed by atoms with Crippen LogP contribution in [0.25, 0.3) is 10.9 Å². The van der Waals surface area contributed by atoms with Crippen molar-refractivity contribution >= 4 is 34.0 Å². The number of morpholine rings is 1. The zero-order chi connectivity index (χ0) is 21.8. The molecule has 0 spiro atoms. The molecule has 0 aliphatic carbocycles. The number of para-hydroxylation sites is 1. The first-order valence-corrected chi connectivity index (χ1v) is 10.00. The van der Waals surface area contributed by atoms with Gasteiger partial charge >= 0.3 is 0 Å². The Morgan fingerprint density at radius 3 is 2.55 bits per heavy atom. The Bertz CT molecular complexity index is 1060. The van der Waals surface area contributed by atoms with Gasteiger partial charge in [-0.1, -0.05) is 12.1 Å². The van der Waals surface area contributed by atoms with Gasteiger partial charge in [-0.3, -0.25) is 4.79 Å². The quantitative estimate of drug-likeness (QED) is 0.650. The predicted molar refractivity (Wildman–Crippen MR) is 116 cm³/mol. The van der Waals surface area contributed by atoms with Crippen molar-refractivity contribution in [3.8, 4) is 0 Å². The van der Waals surface area contributed by atoms with E-state index < -0.39 is 12.2 Å². The van der Waals surface area contributed by atoms with Gasteiger partial charge in [-0.25, -0.2) is 18.7 Å². The van der Waals surface area contributed by atoms with E-state index in [4.69, 9.17) is 4.74 Å². The molecule has 31 heavy (non-hydrogen) atoms. The Balaban J connectivity index is 1.45. The molecule has 1 N–H and O–H groups in total. The Hall–Kier alpha value is -3.33. The summed E-state index contributed by atoms with van der Waals surface area (Å²) in [6.07, 6.45) is -2.80. The number of anilines is 3. The summed E-state index contributed by atoms with van der Waals surface area (Å²) in [7, 11) is 1.64. The summed E-state index contributed by atoms with van der Waals surface area (Å²) in [6, 6.07) is 14.5. The number of rotatable bonds is 6. The first kappa shape index (κ1) is 20.9. The number of alkyl halides is 2. The minimum atomic E-state index is -2.80. The summed E-state index contributed by atoms with van der Waals surface area (Å²) >= 11 is 0. The highest BCUT2D eigenvalue weighted by Gasteiger charge is 2.19. The normalized spacial score (nSPS) is 14.1. The molecule has 0 saturated carbocycles. The smallest absolute Gasteiger partial charge is 0.297 e. The minimum absolute atomic E-state index is 0.0467. The van der Waals surface area contributed by atoms with Crippen LogP contribution in [0.15, 0.2) is 48.5 Å². The largest absolute Gasteiger partial charge is 0.378 e. The fraction of sp³-hybridized carbons (Fsp3) is 0.318. The van der Waals surface area contributed by atoms with Crippen LogP contribution in [0, 0.1) is 0 Å². The van der Waals surface area contributed by atoms with Crippen LogP contribution in [0.5, 0.6) is 0 Å². The molecule has 0 unspecified atom stereocenters. The van der Waals surface area contributed by atoms with E-state index in [1.54, 1.807) is 36.2 Å². The number of nitrogens with one attached hydrogen (secondary N) is 1. The van der Waals surface area contributed by atoms with Crippen molar-refractivity contribution in [3.05, 3.63) is 54.4 Å². The number of aromatic nitrogens is 2. The van der Waals surface area contributed by atoms with E-state index in [9.17, 15) is 13.6 Å². The van der Waals surface area contributed by atoms with Gasteiger partial charge in [0.1, 0.15) is 5.82 Å². The summed E-state index contributed by atoms with van der Waals surface area (Å²) in [6.45, 7) is 3.04. The number of amides is 1. The summed E-state index contributed by atoms with van der Waals surface area (Å²) in [5, 5.41) is 3.45. The number of hydrogen-bond acceptors (Lipinski definition) is 6. The Morgan fingerprint density at radius 2 is 1.84 bits per heavy atom. The molecule has 0 bridgehead atoms. The van der Waals surface area contributed by atoms with Crippen molar-refractivity contribution in [3.63, 3.8) is 0 Å². The van der Waals surface area contributed by atoms with Gasteiger partial charge in [0.15, 0.2) is 5.82 Å². The average Bonchev–Trinajstić information content (AvgIpc) is 2.79. The zero-order valence-corrected chi connectivity index (χ0v) is 17.1. The molecule has 0 atom stereocenters. The van der Waals surface area contributed by atoms with E-state index >= 15 is 0 Å². The van der Waals surface area contributed by atoms with Crippen LogP contribution in [0.2, 0.25) is 0 Å². The van der Waals surface area contributed by atoms with Crippen LogP contribution in [0.1, 0.15) is 12.2 Å². The maximum atomic E-state index is 13.2. The van der Waals surface area contributed by atoms with Gasteiger partial charge in [0.25, 0.3) is 6.43 Å². The Kier molecular flexibility index (Phi) is 6.22. The summed E-state index contributed by atoms with van der Waals surface area (Å²) in [5.41, 5.74) is 2.15. The van der Waals surface area contributed by atoms with E-state index in [-0.39, 0.29) is 12.5 Å². The van der Waals surface area contributed by atoms with Gasteiger partial charge in [-0.05, 0) is 36.4 Å². The molecular weight excluding hydrogens is 404 g/mol. The summed E-state index contributed by atoms with van der Waals surface area (Å²) in [4.78, 5) is 24.2. The number of ether oxygens (including phenoxy) is 1. The highest BCUT2D eigenvalue weighted by atomic mass is 19.3. The van der Waals surface area contributed by atoms with E-state index in [2.05, 4.69) is 20.2 Å². The van der Waals surface area contributed by atoms with Crippen LogP contribution in [-0.4, -0.2) is 55.8 Å². The lowest BCUT2D eigenvalue weighted by atomic mass is 10.2. The lowest BCUT2D eigenvalue weighted by Crippen LogP contribution is -2.36. The van der Waals surface area contributed by atoms with Gasteiger partial charge in [0, 0.05) is 36.9 Å². The molecule has 162 valence electrons. The standard InChI is InChI=1S/C22H23F2N5O2/c1-28(22-17-4-2-3-5-18(17)26-21(27-22)20(23)24)14-19(30)25-15-6-8-16(9-7-15)29-10-12-31-13-11-29/h2-9,20H,10-14H2,1H3,(H,25,30). The Labute approximate surface area is 178 Å². The molecule has 2 heterocycles. The number of carbonyl (C=O) groups is 1. The van der Waals surface area contributed by atoms with E-state index in [0.29, 0.717) is 35.6 Å². The number of benzene rings is 2. The maximum Gasteiger partial charge on any atom is 0.297 e. The van der Waals surface area contributed by atoms with E-state index in [1.165, 1.54) is 0 Å². The van der Waals surface area contributed by atoms with E-state index in [0.717, 1.165) is 18.8 Å². The molecule has 1 aromatic heterocycles. The molecule has 4 rings (SSSR count). The number of fused-ring (bicyclic) bond motifs is 1. The molecule has 0 radical (unpaired) electrons. The van der Waals surface area contributed by atoms with Crippen molar-refractivity contribution in [2.24, 2.45) is 0 Å². The lowest BCUT2D eigenvalue weighted by molar-refractivity contribution is -0.114. The van der Waals surface area contributed by atoms with Crippen LogP contribution in [0.3, 0.4) is 0 Å². The van der Waals surface area contributed by atoms with Gasteiger partial charge in [-0.15, -0.1) is 0 Å². The average molecular weight is 427 g/mol. The van der Waals surface area contributed by atoms with Crippen LogP contribution in [-0.2, 0) is 9.53 Å². The number of nitrogens with zero attached hydrogens (tertiary/aromatic N) is 4. The topological polar surface area (TPSA) is 70.6 Å². The third kappa shape index (κ3) is 4.88. The highest BCUT2D eigenvalue weighted by Crippen LogP contribution is 2.26. The molecule has 1 amide bonds. The third-order valence-corrected chi connectivity index (χ3v) is 5.07. The molecule has 7 nitrogen and oxygen atoms in total. The highest BCUT2D eigenvalue weighted by molar-refractivity contribution is 5.96. The monoisotopic (exact) mass is 427 g/mol. The zero-order valence-electron chi connectivity index (χ0n) is 17.1. The van der Waals surface area contributed by atoms with Gasteiger partial charge in [-0.2, -0.15) is 0 Å². The van der Waals surface area contributed by atoms with Crippen LogP contribution < -0.4 is 15.1 Å². The second kappa shape index (κ2) is 9.22. The fourth-order valence-electron chi connectivity index (χ4n) is 3.53. The first-order valence-electron chi connectivity index (χ1n) is 10.00. The van der Waals surface area contributed by atoms with Crippen molar-refractivity contribution in [1.82, 2.24) is 9.97 Å². The van der Waals surface area contributed by atoms with Crippen LogP contribution >= 0.6 is 0 Å². The second-order valence-corrected chi connectivity index (χ2v) is 7.27. The summed E-state index contributed by atoms with van der Waals surface area (Å²) < 4.78 is 31.8. The maximum absolute atomic E-state index is 13.2. The first-order chi connectivity index (χ1) is 15.0. The molecule has 1 saturated heterocycles. The van der Waals surface area contributed by atoms with Crippen molar-refractivity contribution in [1.29, 1.82) is 0 Å². The molecule has 3 aromatic rings. The molecule has 9 heteroatoms. The number of hydrogen-bond donors (Lipinski definition) is 1. The number of halogens is 2. The van der Waals surface area contributed by atoms with Gasteiger partial charge in [0.05, 0.1) is 25.3 Å². The van der Waals surface area contributed by atoms with Crippen molar-refractivity contribution in [2.45, 2.75) is 6.43 Å². The SMILES string of the molecule is CN(CC(=O)Nc1ccc(N2CCOCC2)cc1)c1nc(C(F)F)nc2ccccc12. The Morgan fingerprint density at radius 1 is 1.13 bits per heavy atom. The molecule has 1 aliphatic rings. The predicted octanol–water partition coefficient (Wildman–Crippen LogP) is 3.48. The third-order valence-electron chi connectivity index (χ3n) is 5.07. The number of likely N-dealkylation sites (N-methyl/N-ethyl adjacent to an activating group) is 1. The molecule has 2 aromatic carbocycles. The summed E-state index contributed by atoms with van der Waals surface area (Å²) in [5.74, 6) is -0.540. The van der Waals surface area contributed by atoms with Gasteiger partial charge in [0.2, 0.25) is 5.91 Å².